The number of oxazole rings is 1. The number of benzene rings is 1. The molecule has 0 aliphatic carbocycles. The lowest BCUT2D eigenvalue weighted by atomic mass is 10.3. The number of anilines is 1. The van der Waals surface area contributed by atoms with Crippen molar-refractivity contribution >= 4 is 17.1 Å². The molecule has 2 rings (SSSR count). The van der Waals surface area contributed by atoms with Crippen molar-refractivity contribution in [3.8, 4) is 0 Å². The Morgan fingerprint density at radius 1 is 1.50 bits per heavy atom. The lowest BCUT2D eigenvalue weighted by molar-refractivity contribution is 0.310. The highest BCUT2D eigenvalue weighted by Gasteiger charge is 2.08. The van der Waals surface area contributed by atoms with Crippen molar-refractivity contribution in [2.75, 3.05) is 18.5 Å². The van der Waals surface area contributed by atoms with Crippen molar-refractivity contribution in [2.45, 2.75) is 0 Å². The molecule has 0 amide bonds. The molecule has 0 aliphatic rings. The molecule has 0 unspecified atom stereocenters. The molecule has 4 nitrogen and oxygen atoms in total. The fraction of sp³-hybridized carbons (Fsp3) is 0.222. The van der Waals surface area contributed by atoms with Crippen LogP contribution in [0.2, 0.25) is 0 Å². The van der Waals surface area contributed by atoms with Gasteiger partial charge in [-0.3, -0.25) is 0 Å². The summed E-state index contributed by atoms with van der Waals surface area (Å²) in [7, 11) is 0. The van der Waals surface area contributed by atoms with E-state index in [9.17, 15) is 4.39 Å². The zero-order valence-corrected chi connectivity index (χ0v) is 7.33. The number of hydrogen-bond acceptors (Lipinski definition) is 4. The Kier molecular flexibility index (Phi) is 2.32. The second-order valence-electron chi connectivity index (χ2n) is 2.76. The van der Waals surface area contributed by atoms with E-state index in [1.165, 1.54) is 6.07 Å². The van der Waals surface area contributed by atoms with Gasteiger partial charge in [-0.25, -0.2) is 4.39 Å². The Morgan fingerprint density at radius 3 is 3.07 bits per heavy atom. The van der Waals surface area contributed by atoms with Gasteiger partial charge in [0.1, 0.15) is 5.52 Å². The second kappa shape index (κ2) is 3.63. The van der Waals surface area contributed by atoms with Gasteiger partial charge in [-0.05, 0) is 12.1 Å². The normalized spacial score (nSPS) is 10.7. The van der Waals surface area contributed by atoms with E-state index in [4.69, 9.17) is 9.52 Å². The Morgan fingerprint density at radius 2 is 2.36 bits per heavy atom. The van der Waals surface area contributed by atoms with Gasteiger partial charge in [0, 0.05) is 6.54 Å². The molecule has 0 radical (unpaired) electrons. The summed E-state index contributed by atoms with van der Waals surface area (Å²) in [6.45, 7) is 0.301. The van der Waals surface area contributed by atoms with Gasteiger partial charge >= 0.3 is 0 Å². The fourth-order valence-corrected chi connectivity index (χ4v) is 1.15. The summed E-state index contributed by atoms with van der Waals surface area (Å²) in [5.74, 6) is -0.414. The number of aromatic nitrogens is 1. The predicted octanol–water partition coefficient (Wildman–Crippen LogP) is 1.37. The van der Waals surface area contributed by atoms with Crippen molar-refractivity contribution in [3.63, 3.8) is 0 Å². The molecule has 5 heteroatoms. The first-order valence-corrected chi connectivity index (χ1v) is 4.21. The number of rotatable bonds is 3. The average Bonchev–Trinajstić information content (AvgIpc) is 2.59. The van der Waals surface area contributed by atoms with Crippen LogP contribution < -0.4 is 5.32 Å². The molecule has 0 aliphatic heterocycles. The molecule has 14 heavy (non-hydrogen) atoms. The van der Waals surface area contributed by atoms with Gasteiger partial charge in [0.2, 0.25) is 0 Å². The largest absolute Gasteiger partial charge is 0.423 e. The molecule has 1 aromatic carbocycles. The average molecular weight is 196 g/mol. The first kappa shape index (κ1) is 8.96. The first-order chi connectivity index (χ1) is 6.81. The van der Waals surface area contributed by atoms with Crippen LogP contribution in [0.3, 0.4) is 0 Å². The zero-order valence-electron chi connectivity index (χ0n) is 7.33. The summed E-state index contributed by atoms with van der Waals surface area (Å²) in [5.41, 5.74) is 0.596. The Bertz CT molecular complexity index is 441. The zero-order chi connectivity index (χ0) is 9.97. The van der Waals surface area contributed by atoms with E-state index in [0.717, 1.165) is 0 Å². The number of nitrogens with zero attached hydrogens (tertiary/aromatic N) is 1. The molecule has 0 bridgehead atoms. The van der Waals surface area contributed by atoms with Crippen molar-refractivity contribution in [1.29, 1.82) is 0 Å². The van der Waals surface area contributed by atoms with Gasteiger partial charge in [0.25, 0.3) is 6.01 Å². The lowest BCUT2D eigenvalue weighted by Gasteiger charge is -1.94. The van der Waals surface area contributed by atoms with Crippen LogP contribution in [0.5, 0.6) is 0 Å². The predicted molar refractivity (Wildman–Crippen MR) is 49.5 cm³/mol. The van der Waals surface area contributed by atoms with Gasteiger partial charge in [-0.1, -0.05) is 6.07 Å². The molecule has 1 aromatic heterocycles. The summed E-state index contributed by atoms with van der Waals surface area (Å²) in [6, 6.07) is 4.73. The third kappa shape index (κ3) is 1.54. The van der Waals surface area contributed by atoms with Gasteiger partial charge in [-0.15, -0.1) is 0 Å². The molecule has 0 atom stereocenters. The van der Waals surface area contributed by atoms with E-state index in [0.29, 0.717) is 12.1 Å². The fourth-order valence-electron chi connectivity index (χ4n) is 1.15. The van der Waals surface area contributed by atoms with E-state index < -0.39 is 5.82 Å². The number of para-hydroxylation sites is 1. The molecule has 0 saturated heterocycles. The van der Waals surface area contributed by atoms with E-state index >= 15 is 0 Å². The maximum atomic E-state index is 13.1. The highest BCUT2D eigenvalue weighted by atomic mass is 19.1. The van der Waals surface area contributed by atoms with Crippen molar-refractivity contribution in [2.24, 2.45) is 0 Å². The monoisotopic (exact) mass is 196 g/mol. The topological polar surface area (TPSA) is 58.3 Å². The quantitative estimate of drug-likeness (QED) is 0.778. The minimum Gasteiger partial charge on any atom is -0.423 e. The second-order valence-corrected chi connectivity index (χ2v) is 2.76. The van der Waals surface area contributed by atoms with E-state index in [1.54, 1.807) is 12.1 Å². The van der Waals surface area contributed by atoms with Crippen molar-refractivity contribution in [1.82, 2.24) is 4.98 Å². The molecule has 1 heterocycles. The number of aliphatic hydroxyl groups is 1. The van der Waals surface area contributed by atoms with Crippen molar-refractivity contribution in [3.05, 3.63) is 24.0 Å². The van der Waals surface area contributed by atoms with E-state index in [-0.39, 0.29) is 18.1 Å². The summed E-state index contributed by atoms with van der Waals surface area (Å²) in [5, 5.41) is 11.3. The van der Waals surface area contributed by atoms with Crippen LogP contribution in [0.1, 0.15) is 0 Å². The van der Waals surface area contributed by atoms with E-state index in [2.05, 4.69) is 10.3 Å². The molecule has 2 aromatic rings. The molecule has 0 spiro atoms. The van der Waals surface area contributed by atoms with Gasteiger partial charge in [0.05, 0.1) is 6.61 Å². The van der Waals surface area contributed by atoms with Gasteiger partial charge in [0.15, 0.2) is 11.4 Å². The smallest absolute Gasteiger partial charge is 0.295 e. The lowest BCUT2D eigenvalue weighted by Crippen LogP contribution is -2.05. The number of nitrogens with one attached hydrogen (secondary N) is 1. The number of aliphatic hydroxyl groups excluding tert-OH is 1. The summed E-state index contributed by atoms with van der Waals surface area (Å²) >= 11 is 0. The Labute approximate surface area is 79.4 Å². The summed E-state index contributed by atoms with van der Waals surface area (Å²) in [6.07, 6.45) is 0. The SMILES string of the molecule is OCCNc1nc2c(F)cccc2o1. The summed E-state index contributed by atoms with van der Waals surface area (Å²) < 4.78 is 18.3. The Balaban J connectivity index is 2.36. The molecule has 0 saturated carbocycles. The number of halogens is 1. The van der Waals surface area contributed by atoms with Crippen LogP contribution in [0, 0.1) is 5.82 Å². The van der Waals surface area contributed by atoms with Crippen LogP contribution >= 0.6 is 0 Å². The maximum Gasteiger partial charge on any atom is 0.295 e. The number of fused-ring (bicyclic) bond motifs is 1. The third-order valence-electron chi connectivity index (χ3n) is 1.76. The van der Waals surface area contributed by atoms with Crippen molar-refractivity contribution < 1.29 is 13.9 Å². The first-order valence-electron chi connectivity index (χ1n) is 4.21. The Hall–Kier alpha value is -1.62. The molecular weight excluding hydrogens is 187 g/mol. The van der Waals surface area contributed by atoms with E-state index in [1.807, 2.05) is 0 Å². The minimum absolute atomic E-state index is 0.0266. The molecular formula is C9H9FN2O2. The van der Waals surface area contributed by atoms with Crippen LogP contribution in [0.4, 0.5) is 10.4 Å². The van der Waals surface area contributed by atoms with Crippen LogP contribution in [-0.4, -0.2) is 23.2 Å². The number of hydrogen-bond donors (Lipinski definition) is 2. The van der Waals surface area contributed by atoms with Crippen LogP contribution in [0.15, 0.2) is 22.6 Å². The molecule has 0 fully saturated rings. The molecule has 2 N–H and O–H groups in total. The summed E-state index contributed by atoms with van der Waals surface area (Å²) in [4.78, 5) is 3.89. The minimum atomic E-state index is -0.414. The standard InChI is InChI=1S/C9H9FN2O2/c10-6-2-1-3-7-8(6)12-9(14-7)11-4-5-13/h1-3,13H,4-5H2,(H,11,12). The van der Waals surface area contributed by atoms with Crippen LogP contribution in [0.25, 0.3) is 11.1 Å². The third-order valence-corrected chi connectivity index (χ3v) is 1.76. The van der Waals surface area contributed by atoms with Crippen LogP contribution in [-0.2, 0) is 0 Å². The highest BCUT2D eigenvalue weighted by molar-refractivity contribution is 5.74. The molecule has 74 valence electrons. The highest BCUT2D eigenvalue weighted by Crippen LogP contribution is 2.20. The maximum absolute atomic E-state index is 13.1. The van der Waals surface area contributed by atoms with Gasteiger partial charge < -0.3 is 14.8 Å². The van der Waals surface area contributed by atoms with Gasteiger partial charge in [-0.2, -0.15) is 4.98 Å².